The lowest BCUT2D eigenvalue weighted by molar-refractivity contribution is -0.137. The molecule has 0 spiro atoms. The molecule has 1 amide bonds. The van der Waals surface area contributed by atoms with Crippen LogP contribution in [0.4, 0.5) is 0 Å². The van der Waals surface area contributed by atoms with Crippen LogP contribution in [0.3, 0.4) is 0 Å². The Morgan fingerprint density at radius 2 is 1.65 bits per heavy atom. The molecule has 0 aliphatic carbocycles. The number of carboxylic acids is 1. The Morgan fingerprint density at radius 1 is 1.00 bits per heavy atom. The van der Waals surface area contributed by atoms with Gasteiger partial charge in [0.05, 0.1) is 6.42 Å². The average molecular weight is 311 g/mol. The molecule has 2 rings (SSSR count). The molecule has 120 valence electrons. The number of carbonyl (C=O) groups excluding carboxylic acids is 1. The Kier molecular flexibility index (Phi) is 5.92. The third-order valence-electron chi connectivity index (χ3n) is 3.75. The molecule has 0 radical (unpaired) electrons. The van der Waals surface area contributed by atoms with Crippen molar-refractivity contribution in [2.24, 2.45) is 0 Å². The van der Waals surface area contributed by atoms with Crippen molar-refractivity contribution in [3.8, 4) is 0 Å². The molecule has 0 heterocycles. The first-order valence-electron chi connectivity index (χ1n) is 7.74. The molecule has 1 N–H and O–H groups in total. The SMILES string of the molecule is CCN(CCC(=O)O)C(=O)c1ccccc1Cc1ccccc1. The molecule has 2 aromatic carbocycles. The van der Waals surface area contributed by atoms with Gasteiger partial charge in [-0.15, -0.1) is 0 Å². The molecule has 23 heavy (non-hydrogen) atoms. The van der Waals surface area contributed by atoms with Crippen molar-refractivity contribution in [1.82, 2.24) is 4.90 Å². The van der Waals surface area contributed by atoms with E-state index < -0.39 is 5.97 Å². The first-order chi connectivity index (χ1) is 11.1. The molecule has 0 saturated carbocycles. The number of aliphatic carboxylic acids is 1. The van der Waals surface area contributed by atoms with Crippen LogP contribution in [0.15, 0.2) is 54.6 Å². The van der Waals surface area contributed by atoms with E-state index in [0.29, 0.717) is 18.5 Å². The van der Waals surface area contributed by atoms with Crippen molar-refractivity contribution in [1.29, 1.82) is 0 Å². The minimum absolute atomic E-state index is 0.0412. The highest BCUT2D eigenvalue weighted by atomic mass is 16.4. The quantitative estimate of drug-likeness (QED) is 0.854. The van der Waals surface area contributed by atoms with Crippen molar-refractivity contribution in [2.75, 3.05) is 13.1 Å². The third-order valence-corrected chi connectivity index (χ3v) is 3.75. The highest BCUT2D eigenvalue weighted by Crippen LogP contribution is 2.16. The summed E-state index contributed by atoms with van der Waals surface area (Å²) in [5, 5.41) is 8.82. The molecule has 2 aromatic rings. The summed E-state index contributed by atoms with van der Waals surface area (Å²) in [7, 11) is 0. The van der Waals surface area contributed by atoms with Gasteiger partial charge in [0.25, 0.3) is 5.91 Å². The van der Waals surface area contributed by atoms with Crippen LogP contribution in [0.1, 0.15) is 34.8 Å². The fourth-order valence-electron chi connectivity index (χ4n) is 2.50. The van der Waals surface area contributed by atoms with E-state index in [2.05, 4.69) is 0 Å². The van der Waals surface area contributed by atoms with E-state index in [1.807, 2.05) is 61.5 Å². The van der Waals surface area contributed by atoms with Gasteiger partial charge in [-0.05, 0) is 30.5 Å². The van der Waals surface area contributed by atoms with Crippen LogP contribution in [0.5, 0.6) is 0 Å². The lowest BCUT2D eigenvalue weighted by atomic mass is 9.99. The van der Waals surface area contributed by atoms with Gasteiger partial charge in [0.15, 0.2) is 0 Å². The summed E-state index contributed by atoms with van der Waals surface area (Å²) in [6.45, 7) is 2.58. The maximum Gasteiger partial charge on any atom is 0.305 e. The second-order valence-electron chi connectivity index (χ2n) is 5.35. The third kappa shape index (κ3) is 4.68. The smallest absolute Gasteiger partial charge is 0.305 e. The highest BCUT2D eigenvalue weighted by molar-refractivity contribution is 5.96. The number of amides is 1. The molecule has 0 atom stereocenters. The van der Waals surface area contributed by atoms with Crippen LogP contribution >= 0.6 is 0 Å². The summed E-state index contributed by atoms with van der Waals surface area (Å²) in [5.41, 5.74) is 2.74. The maximum atomic E-state index is 12.7. The normalized spacial score (nSPS) is 10.3. The number of hydrogen-bond acceptors (Lipinski definition) is 2. The molecule has 4 nitrogen and oxygen atoms in total. The Balaban J connectivity index is 2.21. The van der Waals surface area contributed by atoms with Gasteiger partial charge >= 0.3 is 5.97 Å². The van der Waals surface area contributed by atoms with Gasteiger partial charge in [-0.25, -0.2) is 0 Å². The average Bonchev–Trinajstić information content (AvgIpc) is 2.56. The number of carbonyl (C=O) groups is 2. The van der Waals surface area contributed by atoms with Gasteiger partial charge < -0.3 is 10.0 Å². The maximum absolute atomic E-state index is 12.7. The minimum atomic E-state index is -0.895. The fraction of sp³-hybridized carbons (Fsp3) is 0.263. The fourth-order valence-corrected chi connectivity index (χ4v) is 2.50. The zero-order valence-corrected chi connectivity index (χ0v) is 13.2. The van der Waals surface area contributed by atoms with Crippen molar-refractivity contribution in [3.05, 3.63) is 71.3 Å². The zero-order valence-electron chi connectivity index (χ0n) is 13.2. The number of benzene rings is 2. The summed E-state index contributed by atoms with van der Waals surface area (Å²) in [5.74, 6) is -1.01. The lowest BCUT2D eigenvalue weighted by Gasteiger charge is -2.21. The van der Waals surface area contributed by atoms with E-state index in [1.54, 1.807) is 4.90 Å². The predicted molar refractivity (Wildman–Crippen MR) is 89.5 cm³/mol. The van der Waals surface area contributed by atoms with E-state index in [4.69, 9.17) is 5.11 Å². The van der Waals surface area contributed by atoms with Gasteiger partial charge in [-0.1, -0.05) is 48.5 Å². The van der Waals surface area contributed by atoms with Crippen LogP contribution in [0, 0.1) is 0 Å². The molecule has 0 saturated heterocycles. The number of carboxylic acid groups (broad SMARTS) is 1. The second-order valence-corrected chi connectivity index (χ2v) is 5.35. The molecule has 0 aliphatic rings. The highest BCUT2D eigenvalue weighted by Gasteiger charge is 2.18. The Morgan fingerprint density at radius 3 is 2.30 bits per heavy atom. The summed E-state index contributed by atoms with van der Waals surface area (Å²) in [6.07, 6.45) is 0.639. The largest absolute Gasteiger partial charge is 0.481 e. The topological polar surface area (TPSA) is 57.6 Å². The lowest BCUT2D eigenvalue weighted by Crippen LogP contribution is -2.33. The molecular weight excluding hydrogens is 290 g/mol. The van der Waals surface area contributed by atoms with Crippen molar-refractivity contribution in [2.45, 2.75) is 19.8 Å². The van der Waals surface area contributed by atoms with Crippen LogP contribution in [0.2, 0.25) is 0 Å². The number of hydrogen-bond donors (Lipinski definition) is 1. The summed E-state index contributed by atoms with van der Waals surface area (Å²) >= 11 is 0. The van der Waals surface area contributed by atoms with Gasteiger partial charge in [0, 0.05) is 18.7 Å². The van der Waals surface area contributed by atoms with Crippen LogP contribution in [0.25, 0.3) is 0 Å². The molecule has 4 heteroatoms. The van der Waals surface area contributed by atoms with Crippen molar-refractivity contribution >= 4 is 11.9 Å². The van der Waals surface area contributed by atoms with Crippen LogP contribution in [-0.2, 0) is 11.2 Å². The van der Waals surface area contributed by atoms with Gasteiger partial charge in [0.1, 0.15) is 0 Å². The monoisotopic (exact) mass is 311 g/mol. The molecule has 0 unspecified atom stereocenters. The van der Waals surface area contributed by atoms with E-state index >= 15 is 0 Å². The predicted octanol–water partition coefficient (Wildman–Crippen LogP) is 3.21. The van der Waals surface area contributed by atoms with Crippen molar-refractivity contribution in [3.63, 3.8) is 0 Å². The van der Waals surface area contributed by atoms with Gasteiger partial charge in [-0.3, -0.25) is 9.59 Å². The van der Waals surface area contributed by atoms with Crippen LogP contribution in [-0.4, -0.2) is 35.0 Å². The Hall–Kier alpha value is -2.62. The number of nitrogens with zero attached hydrogens (tertiary/aromatic N) is 1. The Bertz CT molecular complexity index is 667. The number of rotatable bonds is 7. The van der Waals surface area contributed by atoms with E-state index in [0.717, 1.165) is 11.1 Å². The van der Waals surface area contributed by atoms with Crippen molar-refractivity contribution < 1.29 is 14.7 Å². The second kappa shape index (κ2) is 8.13. The summed E-state index contributed by atoms with van der Waals surface area (Å²) in [4.78, 5) is 25.1. The van der Waals surface area contributed by atoms with Crippen LogP contribution < -0.4 is 0 Å². The molecule has 0 bridgehead atoms. The molecule has 0 fully saturated rings. The summed E-state index contributed by atoms with van der Waals surface area (Å²) < 4.78 is 0. The first-order valence-corrected chi connectivity index (χ1v) is 7.74. The minimum Gasteiger partial charge on any atom is -0.481 e. The first kappa shape index (κ1) is 16.7. The van der Waals surface area contributed by atoms with E-state index in [1.165, 1.54) is 0 Å². The molecule has 0 aromatic heterocycles. The van der Waals surface area contributed by atoms with E-state index in [-0.39, 0.29) is 18.9 Å². The summed E-state index contributed by atoms with van der Waals surface area (Å²) in [6, 6.07) is 17.5. The molecular formula is C19H21NO3. The van der Waals surface area contributed by atoms with Gasteiger partial charge in [0.2, 0.25) is 0 Å². The zero-order chi connectivity index (χ0) is 16.7. The Labute approximate surface area is 136 Å². The van der Waals surface area contributed by atoms with E-state index in [9.17, 15) is 9.59 Å². The molecule has 0 aliphatic heterocycles. The van der Waals surface area contributed by atoms with Gasteiger partial charge in [-0.2, -0.15) is 0 Å². The standard InChI is InChI=1S/C19H21NO3/c1-2-20(13-12-18(21)22)19(23)17-11-7-6-10-16(17)14-15-8-4-3-5-9-15/h3-11H,2,12-14H2,1H3,(H,21,22).